The topological polar surface area (TPSA) is 70.6 Å². The van der Waals surface area contributed by atoms with Crippen LogP contribution in [0.1, 0.15) is 44.9 Å². The summed E-state index contributed by atoms with van der Waals surface area (Å²) in [6, 6.07) is 0.251. The molecule has 1 amide bonds. The van der Waals surface area contributed by atoms with Crippen molar-refractivity contribution in [2.45, 2.75) is 56.6 Å². The lowest BCUT2D eigenvalue weighted by atomic mass is 9.85. The van der Waals surface area contributed by atoms with Crippen LogP contribution in [0, 0.1) is 0 Å². The lowest BCUT2D eigenvalue weighted by Gasteiger charge is -2.32. The number of hydrogen-bond acceptors (Lipinski definition) is 4. The van der Waals surface area contributed by atoms with Crippen molar-refractivity contribution in [3.8, 4) is 0 Å². The summed E-state index contributed by atoms with van der Waals surface area (Å²) < 4.78 is 5.25. The number of carbonyl (C=O) groups is 1. The highest BCUT2D eigenvalue weighted by atomic mass is 16.5. The van der Waals surface area contributed by atoms with E-state index >= 15 is 0 Å². The van der Waals surface area contributed by atoms with Gasteiger partial charge in [-0.3, -0.25) is 4.79 Å². The highest BCUT2D eigenvalue weighted by molar-refractivity contribution is 5.78. The Labute approximate surface area is 115 Å². The zero-order valence-corrected chi connectivity index (χ0v) is 11.6. The van der Waals surface area contributed by atoms with E-state index < -0.39 is 5.60 Å². The second-order valence-corrected chi connectivity index (χ2v) is 5.84. The number of rotatable bonds is 5. The van der Waals surface area contributed by atoms with Gasteiger partial charge in [-0.25, -0.2) is 0 Å². The molecule has 19 heavy (non-hydrogen) atoms. The van der Waals surface area contributed by atoms with Gasteiger partial charge in [0, 0.05) is 25.8 Å². The first kappa shape index (κ1) is 14.8. The molecule has 1 aliphatic heterocycles. The molecule has 2 fully saturated rings. The average molecular weight is 270 g/mol. The van der Waals surface area contributed by atoms with Crippen molar-refractivity contribution in [3.63, 3.8) is 0 Å². The zero-order chi connectivity index (χ0) is 13.6. The number of aliphatic hydroxyl groups is 1. The van der Waals surface area contributed by atoms with Crippen molar-refractivity contribution in [2.24, 2.45) is 0 Å². The molecule has 1 saturated heterocycles. The van der Waals surface area contributed by atoms with Gasteiger partial charge in [-0.15, -0.1) is 0 Å². The van der Waals surface area contributed by atoms with Gasteiger partial charge in [0.2, 0.25) is 5.91 Å². The number of hydrogen-bond donors (Lipinski definition) is 3. The van der Waals surface area contributed by atoms with Crippen LogP contribution in [-0.2, 0) is 9.53 Å². The van der Waals surface area contributed by atoms with Gasteiger partial charge in [-0.05, 0) is 25.7 Å². The quantitative estimate of drug-likeness (QED) is 0.683. The van der Waals surface area contributed by atoms with Gasteiger partial charge in [0.05, 0.1) is 12.1 Å². The monoisotopic (exact) mass is 270 g/mol. The van der Waals surface area contributed by atoms with Gasteiger partial charge in [-0.2, -0.15) is 0 Å². The Morgan fingerprint density at radius 2 is 1.89 bits per heavy atom. The van der Waals surface area contributed by atoms with Crippen molar-refractivity contribution < 1.29 is 14.6 Å². The van der Waals surface area contributed by atoms with E-state index in [-0.39, 0.29) is 11.9 Å². The minimum atomic E-state index is -0.600. The van der Waals surface area contributed by atoms with Crippen molar-refractivity contribution in [3.05, 3.63) is 0 Å². The summed E-state index contributed by atoms with van der Waals surface area (Å²) >= 11 is 0. The lowest BCUT2D eigenvalue weighted by molar-refractivity contribution is -0.121. The Balaban J connectivity index is 1.60. The first-order valence-electron chi connectivity index (χ1n) is 7.48. The number of nitrogens with one attached hydrogen (secondary N) is 2. The van der Waals surface area contributed by atoms with E-state index in [9.17, 15) is 9.90 Å². The first-order valence-corrected chi connectivity index (χ1v) is 7.48. The van der Waals surface area contributed by atoms with E-state index in [0.717, 1.165) is 51.7 Å². The molecular weight excluding hydrogens is 244 g/mol. The molecule has 0 atom stereocenters. The Morgan fingerprint density at radius 3 is 2.58 bits per heavy atom. The second-order valence-electron chi connectivity index (χ2n) is 5.84. The van der Waals surface area contributed by atoms with Crippen LogP contribution in [0.3, 0.4) is 0 Å². The van der Waals surface area contributed by atoms with Crippen LogP contribution in [-0.4, -0.2) is 49.0 Å². The Hall–Kier alpha value is -0.650. The summed E-state index contributed by atoms with van der Waals surface area (Å²) in [5.74, 6) is 0.0197. The van der Waals surface area contributed by atoms with Gasteiger partial charge in [-0.1, -0.05) is 19.3 Å². The molecule has 3 N–H and O–H groups in total. The van der Waals surface area contributed by atoms with Crippen molar-refractivity contribution >= 4 is 5.91 Å². The molecule has 1 aliphatic carbocycles. The summed E-state index contributed by atoms with van der Waals surface area (Å²) in [6.45, 7) is 2.28. The molecule has 5 nitrogen and oxygen atoms in total. The fraction of sp³-hybridized carbons (Fsp3) is 0.929. The lowest BCUT2D eigenvalue weighted by Crippen LogP contribution is -2.47. The molecule has 0 spiro atoms. The summed E-state index contributed by atoms with van der Waals surface area (Å²) in [5.41, 5.74) is -0.600. The van der Waals surface area contributed by atoms with Crippen molar-refractivity contribution in [1.82, 2.24) is 10.6 Å². The third-order valence-corrected chi connectivity index (χ3v) is 4.11. The normalized spacial score (nSPS) is 24.1. The molecule has 1 saturated carbocycles. The molecular formula is C14H26N2O3. The highest BCUT2D eigenvalue weighted by Gasteiger charge is 2.28. The predicted molar refractivity (Wildman–Crippen MR) is 72.9 cm³/mol. The van der Waals surface area contributed by atoms with Crippen molar-refractivity contribution in [1.29, 1.82) is 0 Å². The van der Waals surface area contributed by atoms with E-state index in [1.807, 2.05) is 0 Å². The maximum absolute atomic E-state index is 11.8. The summed E-state index contributed by atoms with van der Waals surface area (Å²) in [6.07, 6.45) is 6.89. The van der Waals surface area contributed by atoms with Crippen LogP contribution in [0.5, 0.6) is 0 Å². The highest BCUT2D eigenvalue weighted by Crippen LogP contribution is 2.27. The van der Waals surface area contributed by atoms with Gasteiger partial charge < -0.3 is 20.5 Å². The molecule has 0 unspecified atom stereocenters. The van der Waals surface area contributed by atoms with Crippen LogP contribution in [0.25, 0.3) is 0 Å². The third-order valence-electron chi connectivity index (χ3n) is 4.11. The maximum atomic E-state index is 11.8. The molecule has 0 bridgehead atoms. The largest absolute Gasteiger partial charge is 0.389 e. The minimum Gasteiger partial charge on any atom is -0.389 e. The Morgan fingerprint density at radius 1 is 1.21 bits per heavy atom. The summed E-state index contributed by atoms with van der Waals surface area (Å²) in [7, 11) is 0. The predicted octanol–water partition coefficient (Wildman–Crippen LogP) is 0.566. The summed E-state index contributed by atoms with van der Waals surface area (Å²) in [5, 5.41) is 16.4. The maximum Gasteiger partial charge on any atom is 0.234 e. The van der Waals surface area contributed by atoms with E-state index in [1.54, 1.807) is 0 Å². The molecule has 0 aromatic rings. The van der Waals surface area contributed by atoms with Crippen LogP contribution < -0.4 is 10.6 Å². The number of amides is 1. The Kier molecular flexibility index (Phi) is 5.60. The zero-order valence-electron chi connectivity index (χ0n) is 11.6. The number of carbonyl (C=O) groups excluding carboxylic acids is 1. The smallest absolute Gasteiger partial charge is 0.234 e. The van der Waals surface area contributed by atoms with Crippen LogP contribution in [0.15, 0.2) is 0 Å². The van der Waals surface area contributed by atoms with E-state index in [1.165, 1.54) is 6.42 Å². The Bertz CT molecular complexity index is 284. The molecule has 2 aliphatic rings. The summed E-state index contributed by atoms with van der Waals surface area (Å²) in [4.78, 5) is 11.8. The third kappa shape index (κ3) is 5.09. The first-order chi connectivity index (χ1) is 9.18. The molecule has 2 rings (SSSR count). The fourth-order valence-electron chi connectivity index (χ4n) is 2.92. The number of ether oxygens (including phenoxy) is 1. The molecule has 1 heterocycles. The minimum absolute atomic E-state index is 0.0197. The van der Waals surface area contributed by atoms with E-state index in [2.05, 4.69) is 10.6 Å². The van der Waals surface area contributed by atoms with E-state index in [4.69, 9.17) is 4.74 Å². The molecule has 5 heteroatoms. The fourth-order valence-corrected chi connectivity index (χ4v) is 2.92. The van der Waals surface area contributed by atoms with E-state index in [0.29, 0.717) is 13.1 Å². The molecule has 0 radical (unpaired) electrons. The SMILES string of the molecule is O=C(CNCC1(O)CCCCC1)NC1CCOCC1. The standard InChI is InChI=1S/C14H26N2O3/c17-13(16-12-4-8-19-9-5-12)10-15-11-14(18)6-2-1-3-7-14/h12,15,18H,1-11H2,(H,16,17). The van der Waals surface area contributed by atoms with Gasteiger partial charge >= 0.3 is 0 Å². The van der Waals surface area contributed by atoms with Gasteiger partial charge in [0.1, 0.15) is 0 Å². The van der Waals surface area contributed by atoms with Crippen LogP contribution >= 0.6 is 0 Å². The molecule has 0 aromatic carbocycles. The van der Waals surface area contributed by atoms with Gasteiger partial charge in [0.25, 0.3) is 0 Å². The molecule has 0 aromatic heterocycles. The van der Waals surface area contributed by atoms with Crippen molar-refractivity contribution in [2.75, 3.05) is 26.3 Å². The average Bonchev–Trinajstić information content (AvgIpc) is 2.40. The van der Waals surface area contributed by atoms with Crippen LogP contribution in [0.2, 0.25) is 0 Å². The van der Waals surface area contributed by atoms with Crippen LogP contribution in [0.4, 0.5) is 0 Å². The van der Waals surface area contributed by atoms with Gasteiger partial charge in [0.15, 0.2) is 0 Å². The molecule has 110 valence electrons. The second kappa shape index (κ2) is 7.22.